The molecule has 3 nitrogen and oxygen atoms in total. The van der Waals surface area contributed by atoms with E-state index >= 15 is 0 Å². The van der Waals surface area contributed by atoms with Crippen molar-refractivity contribution in [3.8, 4) is 0 Å². The molecule has 0 bridgehead atoms. The number of hydrogen-bond donors (Lipinski definition) is 1. The fraction of sp³-hybridized carbons (Fsp3) is 0.619. The minimum atomic E-state index is -4.26. The summed E-state index contributed by atoms with van der Waals surface area (Å²) in [6.07, 6.45) is 4.10. The quantitative estimate of drug-likeness (QED) is 0.391. The highest BCUT2D eigenvalue weighted by Crippen LogP contribution is 2.36. The molecule has 0 amide bonds. The fourth-order valence-corrected chi connectivity index (χ4v) is 4.64. The molecule has 0 saturated heterocycles. The lowest BCUT2D eigenvalue weighted by molar-refractivity contribution is 0.469. The van der Waals surface area contributed by atoms with E-state index in [-0.39, 0.29) is 10.2 Å². The maximum atomic E-state index is 12.2. The minimum Gasteiger partial charge on any atom is -0.285 e. The number of hydrogen-bond acceptors (Lipinski definition) is 2. The Morgan fingerprint density at radius 2 is 1.46 bits per heavy atom. The zero-order valence-electron chi connectivity index (χ0n) is 17.5. The fourth-order valence-electron chi connectivity index (χ4n) is 3.50. The molecular formula is C21H36O3SSi. The first-order valence-corrected chi connectivity index (χ1v) is 12.0. The van der Waals surface area contributed by atoms with Crippen molar-refractivity contribution in [2.75, 3.05) is 0 Å². The third-order valence-electron chi connectivity index (χ3n) is 4.84. The summed E-state index contributed by atoms with van der Waals surface area (Å²) in [5.41, 5.74) is 4.39. The van der Waals surface area contributed by atoms with Crippen molar-refractivity contribution in [1.29, 1.82) is 0 Å². The van der Waals surface area contributed by atoms with Gasteiger partial charge in [0.05, 0.1) is 0 Å². The Kier molecular flexibility index (Phi) is 7.87. The van der Waals surface area contributed by atoms with Crippen molar-refractivity contribution < 1.29 is 13.0 Å². The van der Waals surface area contributed by atoms with E-state index in [1.165, 1.54) is 17.2 Å². The largest absolute Gasteiger partial charge is 0.285 e. The lowest BCUT2D eigenvalue weighted by Crippen LogP contribution is -2.35. The third kappa shape index (κ3) is 5.30. The van der Waals surface area contributed by atoms with Crippen LogP contribution in [-0.2, 0) is 33.8 Å². The van der Waals surface area contributed by atoms with Gasteiger partial charge >= 0.3 is 0 Å². The molecule has 1 N–H and O–H groups in total. The van der Waals surface area contributed by atoms with E-state index in [4.69, 9.17) is 0 Å². The van der Waals surface area contributed by atoms with E-state index in [1.54, 1.807) is 0 Å². The third-order valence-corrected chi connectivity index (χ3v) is 8.79. The highest BCUT2D eigenvalue weighted by atomic mass is 32.2. The first-order valence-electron chi connectivity index (χ1n) is 9.58. The molecular weight excluding hydrogens is 360 g/mol. The van der Waals surface area contributed by atoms with Crippen molar-refractivity contribution in [3.63, 3.8) is 0 Å². The lowest BCUT2D eigenvalue weighted by atomic mass is 9.83. The van der Waals surface area contributed by atoms with Crippen LogP contribution in [-0.4, -0.2) is 23.2 Å². The minimum absolute atomic E-state index is 0.251. The van der Waals surface area contributed by atoms with E-state index in [0.717, 1.165) is 30.4 Å². The van der Waals surface area contributed by atoms with Gasteiger partial charge in [-0.2, -0.15) is 8.42 Å². The summed E-state index contributed by atoms with van der Waals surface area (Å²) in [6.45, 7) is 16.8. The van der Waals surface area contributed by atoms with Gasteiger partial charge in [-0.1, -0.05) is 59.8 Å². The monoisotopic (exact) mass is 396 g/mol. The van der Waals surface area contributed by atoms with Crippen LogP contribution < -0.4 is 0 Å². The van der Waals surface area contributed by atoms with Gasteiger partial charge in [0.15, 0.2) is 0 Å². The van der Waals surface area contributed by atoms with E-state index < -0.39 is 14.5 Å². The molecule has 0 saturated carbocycles. The molecule has 26 heavy (non-hydrogen) atoms. The second kappa shape index (κ2) is 8.85. The Labute approximate surface area is 163 Å². The van der Waals surface area contributed by atoms with Crippen LogP contribution in [0, 0.1) is 17.8 Å². The van der Waals surface area contributed by atoms with Crippen LogP contribution in [0.25, 0.3) is 0 Å². The smallest absolute Gasteiger partial charge is 0.274 e. The van der Waals surface area contributed by atoms with Crippen LogP contribution in [0.1, 0.15) is 63.8 Å². The first kappa shape index (κ1) is 23.1. The highest BCUT2D eigenvalue weighted by molar-refractivity contribution is 7.88. The molecule has 5 heteroatoms. The Bertz CT molecular complexity index is 736. The molecule has 1 aromatic carbocycles. The van der Waals surface area contributed by atoms with Gasteiger partial charge in [-0.15, -0.1) is 6.58 Å². The molecule has 0 heterocycles. The van der Waals surface area contributed by atoms with Gasteiger partial charge in [0.25, 0.3) is 10.1 Å². The lowest BCUT2D eigenvalue weighted by Gasteiger charge is -2.30. The van der Waals surface area contributed by atoms with Crippen LogP contribution in [0.4, 0.5) is 0 Å². The van der Waals surface area contributed by atoms with Gasteiger partial charge in [0, 0.05) is 10.2 Å². The average molecular weight is 397 g/mol. The molecule has 1 atom stereocenters. The molecule has 1 rings (SSSR count). The molecule has 0 aliphatic heterocycles. The second-order valence-corrected chi connectivity index (χ2v) is 12.9. The van der Waals surface area contributed by atoms with E-state index in [1.807, 2.05) is 6.07 Å². The van der Waals surface area contributed by atoms with Crippen molar-refractivity contribution in [3.05, 3.63) is 47.0 Å². The summed E-state index contributed by atoms with van der Waals surface area (Å²) in [5.74, 6) is 1.39. The first-order chi connectivity index (χ1) is 11.8. The maximum Gasteiger partial charge on any atom is 0.274 e. The molecule has 1 unspecified atom stereocenters. The molecule has 0 spiro atoms. The molecule has 0 aliphatic carbocycles. The maximum absolute atomic E-state index is 12.2. The van der Waals surface area contributed by atoms with Crippen molar-refractivity contribution in [2.45, 2.75) is 65.2 Å². The predicted molar refractivity (Wildman–Crippen MR) is 115 cm³/mol. The predicted octanol–water partition coefficient (Wildman–Crippen LogP) is 3.87. The van der Waals surface area contributed by atoms with Crippen LogP contribution in [0.15, 0.2) is 24.8 Å². The van der Waals surface area contributed by atoms with Crippen molar-refractivity contribution in [1.82, 2.24) is 0 Å². The van der Waals surface area contributed by atoms with Crippen LogP contribution >= 0.6 is 0 Å². The zero-order valence-corrected chi connectivity index (χ0v) is 20.3. The van der Waals surface area contributed by atoms with Crippen molar-refractivity contribution in [2.24, 2.45) is 17.8 Å². The SMILES string of the molecule is C=CC([SiH3])(c1ccc(CC(C)C)c(CC(C)C)c1CC(C)C)S(=O)(=O)O. The summed E-state index contributed by atoms with van der Waals surface area (Å²) in [6, 6.07) is 3.99. The molecule has 0 radical (unpaired) electrons. The Hall–Kier alpha value is -0.913. The van der Waals surface area contributed by atoms with Crippen molar-refractivity contribution >= 4 is 20.4 Å². The molecule has 1 aromatic rings. The van der Waals surface area contributed by atoms with Crippen LogP contribution in [0.3, 0.4) is 0 Å². The average Bonchev–Trinajstić information content (AvgIpc) is 2.47. The second-order valence-electron chi connectivity index (χ2n) is 8.81. The van der Waals surface area contributed by atoms with Crippen LogP contribution in [0.2, 0.25) is 0 Å². The Morgan fingerprint density at radius 1 is 1.00 bits per heavy atom. The van der Waals surface area contributed by atoms with Gasteiger partial charge < -0.3 is 0 Å². The van der Waals surface area contributed by atoms with E-state index in [2.05, 4.69) is 54.2 Å². The summed E-state index contributed by atoms with van der Waals surface area (Å²) >= 11 is 0. The van der Waals surface area contributed by atoms with Gasteiger partial charge in [0.1, 0.15) is 4.37 Å². The molecule has 0 aromatic heterocycles. The van der Waals surface area contributed by atoms with Gasteiger partial charge in [-0.25, -0.2) is 0 Å². The Balaban J connectivity index is 3.83. The highest BCUT2D eigenvalue weighted by Gasteiger charge is 2.39. The molecule has 148 valence electrons. The van der Waals surface area contributed by atoms with Gasteiger partial charge in [-0.3, -0.25) is 4.55 Å². The topological polar surface area (TPSA) is 54.4 Å². The van der Waals surface area contributed by atoms with Gasteiger partial charge in [-0.05, 0) is 59.3 Å². The zero-order chi connectivity index (χ0) is 20.3. The standard InChI is InChI=1S/C21H36O3SSi/c1-8-21(26,25(22,23)24)20-10-9-17(11-14(2)3)18(12-15(4)5)19(20)13-16(6)7/h8-10,14-16H,1,11-13H2,2-7,26H3,(H,22,23,24). The van der Waals surface area contributed by atoms with E-state index in [0.29, 0.717) is 17.8 Å². The van der Waals surface area contributed by atoms with Crippen LogP contribution in [0.5, 0.6) is 0 Å². The molecule has 0 fully saturated rings. The number of benzene rings is 1. The Morgan fingerprint density at radius 3 is 1.85 bits per heavy atom. The summed E-state index contributed by atoms with van der Waals surface area (Å²) in [7, 11) is -4.01. The molecule has 0 aliphatic rings. The summed E-state index contributed by atoms with van der Waals surface area (Å²) < 4.78 is 33.1. The van der Waals surface area contributed by atoms with E-state index in [9.17, 15) is 13.0 Å². The summed E-state index contributed by atoms with van der Waals surface area (Å²) in [4.78, 5) is 0. The number of rotatable bonds is 9. The van der Waals surface area contributed by atoms with Gasteiger partial charge in [0.2, 0.25) is 0 Å². The summed E-state index contributed by atoms with van der Waals surface area (Å²) in [5, 5.41) is 0. The normalized spacial score (nSPS) is 15.0.